The number of carbonyl (C=O) groups is 4. The third-order valence-electron chi connectivity index (χ3n) is 3.91. The molecule has 1 aliphatic heterocycles. The van der Waals surface area contributed by atoms with Gasteiger partial charge in [-0.25, -0.2) is 19.2 Å². The van der Waals surface area contributed by atoms with E-state index >= 15 is 0 Å². The second kappa shape index (κ2) is 12.0. The molecule has 1 rings (SSSR count). The predicted molar refractivity (Wildman–Crippen MR) is 116 cm³/mol. The Bertz CT molecular complexity index is 694. The molecule has 12 heteroatoms. The Morgan fingerprint density at radius 3 is 1.94 bits per heavy atom. The maximum Gasteiger partial charge on any atom is 0.413 e. The first-order chi connectivity index (χ1) is 14.9. The highest BCUT2D eigenvalue weighted by Crippen LogP contribution is 2.29. The average molecular weight is 479 g/mol. The number of amides is 2. The summed E-state index contributed by atoms with van der Waals surface area (Å²) in [5.74, 6) is -1.23. The van der Waals surface area contributed by atoms with Gasteiger partial charge in [-0.1, -0.05) is 0 Å². The summed E-state index contributed by atoms with van der Waals surface area (Å²) in [5, 5.41) is 11.0. The molecule has 2 N–H and O–H groups in total. The number of esters is 2. The Kier molecular flexibility index (Phi) is 11.1. The third-order valence-corrected chi connectivity index (χ3v) is 3.91. The van der Waals surface area contributed by atoms with E-state index in [9.17, 15) is 19.2 Å². The van der Waals surface area contributed by atoms with Crippen LogP contribution in [0.4, 0.5) is 9.59 Å². The van der Waals surface area contributed by atoms with Gasteiger partial charge in [-0.3, -0.25) is 4.90 Å². The third kappa shape index (κ3) is 10.7. The summed E-state index contributed by atoms with van der Waals surface area (Å²) >= 11 is 0. The van der Waals surface area contributed by atoms with Crippen LogP contribution in [0.1, 0.15) is 55.4 Å². The van der Waals surface area contributed by atoms with E-state index in [1.807, 2.05) is 0 Å². The minimum atomic E-state index is -1.09. The number of carbonyl (C=O) groups excluding carboxylic acids is 4. The maximum atomic E-state index is 12.1. The van der Waals surface area contributed by atoms with Gasteiger partial charge in [-0.2, -0.15) is 0 Å². The Morgan fingerprint density at radius 1 is 1.03 bits per heavy atom. The van der Waals surface area contributed by atoms with Crippen molar-refractivity contribution in [1.29, 1.82) is 0 Å². The molecule has 192 valence electrons. The van der Waals surface area contributed by atoms with Crippen LogP contribution in [0.5, 0.6) is 0 Å². The van der Waals surface area contributed by atoms with Crippen molar-refractivity contribution >= 4 is 24.1 Å². The van der Waals surface area contributed by atoms with Gasteiger partial charge in [0.05, 0.1) is 27.4 Å². The van der Waals surface area contributed by atoms with Crippen LogP contribution in [-0.2, 0) is 33.3 Å². The normalized spacial score (nSPS) is 18.3. The lowest BCUT2D eigenvalue weighted by molar-refractivity contribution is -0.146. The Labute approximate surface area is 194 Å². The van der Waals surface area contributed by atoms with Gasteiger partial charge in [0.2, 0.25) is 0 Å². The van der Waals surface area contributed by atoms with Gasteiger partial charge >= 0.3 is 24.1 Å². The smallest absolute Gasteiger partial charge is 0.413 e. The molecule has 0 aromatic heterocycles. The van der Waals surface area contributed by atoms with E-state index in [4.69, 9.17) is 19.3 Å². The lowest BCUT2D eigenvalue weighted by Crippen LogP contribution is -2.52. The van der Waals surface area contributed by atoms with Gasteiger partial charge in [-0.15, -0.1) is 0 Å². The monoisotopic (exact) mass is 478 g/mol. The topological polar surface area (TPSA) is 150 Å². The number of nitrogens with zero attached hydrogens (tertiary/aromatic N) is 1. The zero-order valence-electron chi connectivity index (χ0n) is 21.1. The van der Waals surface area contributed by atoms with Crippen LogP contribution < -0.4 is 5.32 Å². The first kappa shape index (κ1) is 30.4. The van der Waals surface area contributed by atoms with Gasteiger partial charge in [-0.05, 0) is 55.4 Å². The summed E-state index contributed by atoms with van der Waals surface area (Å²) in [6.45, 7) is 13.4. The van der Waals surface area contributed by atoms with Crippen LogP contribution >= 0.6 is 0 Å². The molecule has 0 aromatic carbocycles. The minimum Gasteiger partial charge on any atom is -0.467 e. The molecule has 0 aliphatic carbocycles. The molecule has 33 heavy (non-hydrogen) atoms. The molecule has 1 fully saturated rings. The first-order valence-electron chi connectivity index (χ1n) is 10.3. The van der Waals surface area contributed by atoms with Crippen molar-refractivity contribution in [1.82, 2.24) is 10.2 Å². The van der Waals surface area contributed by atoms with Crippen LogP contribution in [0.25, 0.3) is 0 Å². The number of hydrogen-bond donors (Lipinski definition) is 2. The number of rotatable bonds is 4. The van der Waals surface area contributed by atoms with Gasteiger partial charge in [0.1, 0.15) is 16.9 Å². The molecule has 2 unspecified atom stereocenters. The second-order valence-corrected chi connectivity index (χ2v) is 9.55. The van der Waals surface area contributed by atoms with Crippen molar-refractivity contribution in [2.24, 2.45) is 0 Å². The molecular formula is C21H38N2O10. The molecule has 0 aromatic rings. The van der Waals surface area contributed by atoms with Crippen molar-refractivity contribution in [3.63, 3.8) is 0 Å². The summed E-state index contributed by atoms with van der Waals surface area (Å²) in [5.41, 5.74) is -2.17. The van der Waals surface area contributed by atoms with E-state index in [1.54, 1.807) is 55.4 Å². The molecule has 0 bridgehead atoms. The van der Waals surface area contributed by atoms with Crippen molar-refractivity contribution < 1.29 is 48.0 Å². The molecule has 2 atom stereocenters. The van der Waals surface area contributed by atoms with E-state index in [0.717, 1.165) is 0 Å². The summed E-state index contributed by atoms with van der Waals surface area (Å²) in [7, 11) is 2.45. The minimum absolute atomic E-state index is 0.110. The van der Waals surface area contributed by atoms with Crippen molar-refractivity contribution in [2.75, 3.05) is 27.4 Å². The van der Waals surface area contributed by atoms with E-state index in [0.29, 0.717) is 0 Å². The fourth-order valence-electron chi connectivity index (χ4n) is 2.54. The standard InChI is InChI=1S/C12H21NO5.C9H17NO5/c1-11(2,3)18-10(15)13-8(9(14)16-6)7-17-12(13,4)5;1-9(2,3)15-8(13)10-6(5-11)7(12)14-4/h8H,7H2,1-6H3;6,11H,5H2,1-4H3,(H,10,13). The number of ether oxygens (including phenoxy) is 5. The van der Waals surface area contributed by atoms with E-state index < -0.39 is 59.7 Å². The number of nitrogens with one attached hydrogen (secondary N) is 1. The average Bonchev–Trinajstić information content (AvgIpc) is 2.97. The molecule has 0 radical (unpaired) electrons. The summed E-state index contributed by atoms with van der Waals surface area (Å²) in [4.78, 5) is 47.2. The van der Waals surface area contributed by atoms with Crippen LogP contribution in [0.15, 0.2) is 0 Å². The van der Waals surface area contributed by atoms with Gasteiger partial charge in [0.25, 0.3) is 0 Å². The molecule has 1 heterocycles. The van der Waals surface area contributed by atoms with Gasteiger partial charge in [0, 0.05) is 0 Å². The van der Waals surface area contributed by atoms with Crippen LogP contribution in [0.2, 0.25) is 0 Å². The predicted octanol–water partition coefficient (Wildman–Crippen LogP) is 1.58. The fourth-order valence-corrected chi connectivity index (χ4v) is 2.54. The maximum absolute atomic E-state index is 12.1. The van der Waals surface area contributed by atoms with Crippen molar-refractivity contribution in [3.05, 3.63) is 0 Å². The first-order valence-corrected chi connectivity index (χ1v) is 10.3. The Hall–Kier alpha value is -2.60. The zero-order chi connectivity index (χ0) is 26.2. The van der Waals surface area contributed by atoms with E-state index in [1.165, 1.54) is 19.1 Å². The number of alkyl carbamates (subject to hydrolysis) is 1. The van der Waals surface area contributed by atoms with E-state index in [-0.39, 0.29) is 6.61 Å². The molecule has 2 amide bonds. The quantitative estimate of drug-likeness (QED) is 0.450. The van der Waals surface area contributed by atoms with Crippen LogP contribution in [0.3, 0.4) is 0 Å². The Balaban J connectivity index is 0.000000633. The van der Waals surface area contributed by atoms with Gasteiger partial charge < -0.3 is 34.1 Å². The molecule has 1 saturated heterocycles. The molecule has 0 spiro atoms. The van der Waals surface area contributed by atoms with Crippen LogP contribution in [-0.4, -0.2) is 90.6 Å². The fraction of sp³-hybridized carbons (Fsp3) is 0.810. The highest BCUT2D eigenvalue weighted by atomic mass is 16.6. The van der Waals surface area contributed by atoms with Crippen LogP contribution in [0, 0.1) is 0 Å². The van der Waals surface area contributed by atoms with Crippen molar-refractivity contribution in [3.8, 4) is 0 Å². The SMILES string of the molecule is COC(=O)C(CO)NC(=O)OC(C)(C)C.COC(=O)C1COC(C)(C)N1C(=O)OC(C)(C)C. The highest BCUT2D eigenvalue weighted by Gasteiger charge is 2.49. The molecule has 0 saturated carbocycles. The number of aliphatic hydroxyl groups excluding tert-OH is 1. The number of aliphatic hydroxyl groups is 1. The zero-order valence-corrected chi connectivity index (χ0v) is 21.1. The van der Waals surface area contributed by atoms with Crippen molar-refractivity contribution in [2.45, 2.75) is 84.4 Å². The van der Waals surface area contributed by atoms with Gasteiger partial charge in [0.15, 0.2) is 12.1 Å². The highest BCUT2D eigenvalue weighted by molar-refractivity contribution is 5.83. The Morgan fingerprint density at radius 2 is 1.55 bits per heavy atom. The lowest BCUT2D eigenvalue weighted by Gasteiger charge is -2.34. The summed E-state index contributed by atoms with van der Waals surface area (Å²) in [6.07, 6.45) is -1.35. The second-order valence-electron chi connectivity index (χ2n) is 9.55. The molecular weight excluding hydrogens is 440 g/mol. The molecule has 1 aliphatic rings. The number of hydrogen-bond acceptors (Lipinski definition) is 10. The summed E-state index contributed by atoms with van der Waals surface area (Å²) in [6, 6.07) is -1.86. The molecule has 12 nitrogen and oxygen atoms in total. The summed E-state index contributed by atoms with van der Waals surface area (Å²) < 4.78 is 24.7. The number of methoxy groups -OCH3 is 2. The van der Waals surface area contributed by atoms with E-state index in [2.05, 4.69) is 14.8 Å². The largest absolute Gasteiger partial charge is 0.467 e. The lowest BCUT2D eigenvalue weighted by atomic mass is 10.2.